The summed E-state index contributed by atoms with van der Waals surface area (Å²) in [7, 11) is 1.92. The van der Waals surface area contributed by atoms with E-state index in [9.17, 15) is 13.2 Å². The molecule has 1 aliphatic heterocycles. The molecule has 2 aromatic rings. The van der Waals surface area contributed by atoms with Gasteiger partial charge in [0, 0.05) is 26.2 Å². The molecule has 3 nitrogen and oxygen atoms in total. The molecule has 0 aliphatic carbocycles. The molecule has 20 heavy (non-hydrogen) atoms. The first-order chi connectivity index (χ1) is 9.58. The molecule has 0 amide bonds. The van der Waals surface area contributed by atoms with Gasteiger partial charge in [-0.05, 0) is 12.1 Å². The molecule has 0 N–H and O–H groups in total. The molecule has 6 heteroatoms. The van der Waals surface area contributed by atoms with Gasteiger partial charge in [-0.1, -0.05) is 12.1 Å². The van der Waals surface area contributed by atoms with Crippen LogP contribution in [0.1, 0.15) is 0 Å². The van der Waals surface area contributed by atoms with E-state index in [4.69, 9.17) is 0 Å². The minimum Gasteiger partial charge on any atom is -0.371 e. The fraction of sp³-hybridized carbons (Fsp3) is 0.214. The molecule has 104 valence electrons. The Hall–Kier alpha value is -2.24. The summed E-state index contributed by atoms with van der Waals surface area (Å²) in [5.41, 5.74) is 1.61. The molecule has 0 radical (unpaired) electrons. The van der Waals surface area contributed by atoms with Crippen LogP contribution >= 0.6 is 0 Å². The number of pyridine rings is 1. The Morgan fingerprint density at radius 3 is 2.45 bits per heavy atom. The molecule has 0 atom stereocenters. The minimum absolute atomic E-state index is 0.190. The largest absolute Gasteiger partial charge is 0.371 e. The molecule has 3 rings (SSSR count). The third-order valence-electron chi connectivity index (χ3n) is 3.37. The van der Waals surface area contributed by atoms with Gasteiger partial charge in [-0.2, -0.15) is 9.37 Å². The Bertz CT molecular complexity index is 660. The van der Waals surface area contributed by atoms with E-state index >= 15 is 0 Å². The number of aromatic nitrogens is 1. The van der Waals surface area contributed by atoms with E-state index in [1.807, 2.05) is 30.1 Å². The number of fused-ring (bicyclic) bond motifs is 1. The molecule has 0 spiro atoms. The third kappa shape index (κ3) is 1.97. The third-order valence-corrected chi connectivity index (χ3v) is 3.37. The van der Waals surface area contributed by atoms with Gasteiger partial charge in [-0.3, -0.25) is 0 Å². The van der Waals surface area contributed by atoms with Crippen molar-refractivity contribution in [2.24, 2.45) is 0 Å². The van der Waals surface area contributed by atoms with Crippen molar-refractivity contribution in [2.75, 3.05) is 29.9 Å². The average Bonchev–Trinajstić information content (AvgIpc) is 2.44. The summed E-state index contributed by atoms with van der Waals surface area (Å²) in [6.07, 6.45) is 0. The number of hydrogen-bond acceptors (Lipinski definition) is 3. The highest BCUT2D eigenvalue weighted by atomic mass is 19.2. The second-order valence-electron chi connectivity index (χ2n) is 4.63. The number of halogens is 3. The van der Waals surface area contributed by atoms with E-state index in [0.29, 0.717) is 19.2 Å². The van der Waals surface area contributed by atoms with Crippen LogP contribution in [0.15, 0.2) is 30.3 Å². The van der Waals surface area contributed by atoms with Crippen LogP contribution < -0.4 is 9.80 Å². The maximum Gasteiger partial charge on any atom is 0.251 e. The zero-order valence-electron chi connectivity index (χ0n) is 10.8. The van der Waals surface area contributed by atoms with Crippen molar-refractivity contribution in [3.8, 4) is 0 Å². The summed E-state index contributed by atoms with van der Waals surface area (Å²) in [5, 5.41) is 0. The molecular formula is C14H12F3N3. The number of likely N-dealkylation sites (N-methyl/N-ethyl adjacent to an activating group) is 1. The number of anilines is 3. The predicted octanol–water partition coefficient (Wildman–Crippen LogP) is 3.09. The SMILES string of the molecule is CN1CCN(c2nc(F)c(F)cc2F)c2ccccc21. The van der Waals surface area contributed by atoms with E-state index in [1.165, 1.54) is 0 Å². The first kappa shape index (κ1) is 12.8. The molecule has 1 aliphatic rings. The van der Waals surface area contributed by atoms with E-state index in [2.05, 4.69) is 4.98 Å². The summed E-state index contributed by atoms with van der Waals surface area (Å²) in [6.45, 7) is 1.08. The lowest BCUT2D eigenvalue weighted by molar-refractivity contribution is 0.464. The number of para-hydroxylation sites is 2. The Balaban J connectivity index is 2.12. The van der Waals surface area contributed by atoms with Crippen molar-refractivity contribution in [3.05, 3.63) is 47.9 Å². The second-order valence-corrected chi connectivity index (χ2v) is 4.63. The van der Waals surface area contributed by atoms with Crippen molar-refractivity contribution in [1.82, 2.24) is 4.98 Å². The zero-order chi connectivity index (χ0) is 14.3. The van der Waals surface area contributed by atoms with Crippen LogP contribution in [-0.4, -0.2) is 25.1 Å². The minimum atomic E-state index is -1.29. The van der Waals surface area contributed by atoms with Crippen LogP contribution in [0.3, 0.4) is 0 Å². The summed E-state index contributed by atoms with van der Waals surface area (Å²) in [5.74, 6) is -3.64. The quantitative estimate of drug-likeness (QED) is 0.748. The topological polar surface area (TPSA) is 19.4 Å². The Labute approximate surface area is 114 Å². The summed E-state index contributed by atoms with van der Waals surface area (Å²) in [6, 6.07) is 7.89. The lowest BCUT2D eigenvalue weighted by atomic mass is 10.1. The highest BCUT2D eigenvalue weighted by Crippen LogP contribution is 2.37. The standard InChI is InChI=1S/C14H12F3N3/c1-19-6-7-20(12-5-3-2-4-11(12)19)14-10(16)8-9(15)13(17)18-14/h2-5,8H,6-7H2,1H3. The highest BCUT2D eigenvalue weighted by Gasteiger charge is 2.25. The number of rotatable bonds is 1. The first-order valence-corrected chi connectivity index (χ1v) is 6.17. The van der Waals surface area contributed by atoms with Gasteiger partial charge in [0.1, 0.15) is 0 Å². The van der Waals surface area contributed by atoms with Crippen LogP contribution in [0.25, 0.3) is 0 Å². The lowest BCUT2D eigenvalue weighted by Crippen LogP contribution is -2.37. The Morgan fingerprint density at radius 1 is 1.00 bits per heavy atom. The van der Waals surface area contributed by atoms with Crippen LogP contribution in [-0.2, 0) is 0 Å². The number of benzene rings is 1. The van der Waals surface area contributed by atoms with Crippen LogP contribution in [0, 0.1) is 17.6 Å². The molecule has 1 aromatic carbocycles. The summed E-state index contributed by atoms with van der Waals surface area (Å²) in [4.78, 5) is 6.99. The van der Waals surface area contributed by atoms with Crippen LogP contribution in [0.5, 0.6) is 0 Å². The van der Waals surface area contributed by atoms with Gasteiger partial charge in [0.05, 0.1) is 11.4 Å². The average molecular weight is 279 g/mol. The number of hydrogen-bond donors (Lipinski definition) is 0. The van der Waals surface area contributed by atoms with Crippen molar-refractivity contribution in [2.45, 2.75) is 0 Å². The fourth-order valence-electron chi connectivity index (χ4n) is 2.35. The molecule has 0 unspecified atom stereocenters. The smallest absolute Gasteiger partial charge is 0.251 e. The van der Waals surface area contributed by atoms with E-state index in [1.54, 1.807) is 11.0 Å². The van der Waals surface area contributed by atoms with Crippen LogP contribution in [0.2, 0.25) is 0 Å². The maximum absolute atomic E-state index is 13.9. The van der Waals surface area contributed by atoms with Gasteiger partial charge in [0.15, 0.2) is 17.5 Å². The number of nitrogens with zero attached hydrogens (tertiary/aromatic N) is 3. The second kappa shape index (κ2) is 4.70. The van der Waals surface area contributed by atoms with Gasteiger partial charge < -0.3 is 9.80 Å². The molecule has 0 fully saturated rings. The lowest BCUT2D eigenvalue weighted by Gasteiger charge is -2.36. The first-order valence-electron chi connectivity index (χ1n) is 6.17. The molecule has 0 saturated heterocycles. The Kier molecular flexibility index (Phi) is 3.00. The monoisotopic (exact) mass is 279 g/mol. The molecule has 0 bridgehead atoms. The van der Waals surface area contributed by atoms with Crippen molar-refractivity contribution in [1.29, 1.82) is 0 Å². The van der Waals surface area contributed by atoms with Gasteiger partial charge in [-0.15, -0.1) is 0 Å². The molecule has 2 heterocycles. The molecule has 1 aromatic heterocycles. The van der Waals surface area contributed by atoms with Gasteiger partial charge in [0.2, 0.25) is 0 Å². The predicted molar refractivity (Wildman–Crippen MR) is 70.8 cm³/mol. The van der Waals surface area contributed by atoms with E-state index in [0.717, 1.165) is 11.4 Å². The summed E-state index contributed by atoms with van der Waals surface area (Å²) < 4.78 is 40.1. The van der Waals surface area contributed by atoms with Gasteiger partial charge in [0.25, 0.3) is 5.95 Å². The van der Waals surface area contributed by atoms with Crippen molar-refractivity contribution < 1.29 is 13.2 Å². The van der Waals surface area contributed by atoms with E-state index in [-0.39, 0.29) is 5.82 Å². The van der Waals surface area contributed by atoms with Gasteiger partial charge >= 0.3 is 0 Å². The zero-order valence-corrected chi connectivity index (χ0v) is 10.8. The van der Waals surface area contributed by atoms with Crippen LogP contribution in [0.4, 0.5) is 30.4 Å². The van der Waals surface area contributed by atoms with Crippen molar-refractivity contribution in [3.63, 3.8) is 0 Å². The fourth-order valence-corrected chi connectivity index (χ4v) is 2.35. The summed E-state index contributed by atoms with van der Waals surface area (Å²) >= 11 is 0. The normalized spacial score (nSPS) is 14.4. The molecule has 0 saturated carbocycles. The van der Waals surface area contributed by atoms with E-state index < -0.39 is 17.6 Å². The van der Waals surface area contributed by atoms with Gasteiger partial charge in [-0.25, -0.2) is 8.78 Å². The van der Waals surface area contributed by atoms with Crippen molar-refractivity contribution >= 4 is 17.2 Å². The molecular weight excluding hydrogens is 267 g/mol. The maximum atomic E-state index is 13.9. The Morgan fingerprint density at radius 2 is 1.70 bits per heavy atom. The highest BCUT2D eigenvalue weighted by molar-refractivity contribution is 5.78.